The molecule has 6 heteroatoms. The minimum Gasteiger partial charge on any atom is -0.483 e. The van der Waals surface area contributed by atoms with E-state index < -0.39 is 9.84 Å². The first-order valence-corrected chi connectivity index (χ1v) is 7.11. The van der Waals surface area contributed by atoms with E-state index in [4.69, 9.17) is 14.9 Å². The van der Waals surface area contributed by atoms with Crippen LogP contribution in [0.1, 0.15) is 5.76 Å². The van der Waals surface area contributed by atoms with E-state index in [0.717, 1.165) is 6.26 Å². The SMILES string of the molecule is CS(=O)(=O)c1cccc(OCc2ccco2)c1N. The van der Waals surface area contributed by atoms with E-state index in [1.165, 1.54) is 12.3 Å². The number of nitrogens with two attached hydrogens (primary N) is 1. The summed E-state index contributed by atoms with van der Waals surface area (Å²) in [5, 5.41) is 0. The summed E-state index contributed by atoms with van der Waals surface area (Å²) >= 11 is 0. The lowest BCUT2D eigenvalue weighted by Crippen LogP contribution is -2.05. The first kappa shape index (κ1) is 12.5. The molecule has 0 saturated carbocycles. The molecule has 0 unspecified atom stereocenters. The van der Waals surface area contributed by atoms with Gasteiger partial charge in [0.25, 0.3) is 0 Å². The summed E-state index contributed by atoms with van der Waals surface area (Å²) in [7, 11) is -3.36. The third-order valence-corrected chi connectivity index (χ3v) is 3.53. The van der Waals surface area contributed by atoms with Gasteiger partial charge in [0, 0.05) is 6.26 Å². The highest BCUT2D eigenvalue weighted by Crippen LogP contribution is 2.29. The molecule has 0 bridgehead atoms. The average Bonchev–Trinajstić information content (AvgIpc) is 2.79. The number of para-hydroxylation sites is 1. The Balaban J connectivity index is 2.24. The summed E-state index contributed by atoms with van der Waals surface area (Å²) in [6.07, 6.45) is 2.64. The maximum atomic E-state index is 11.5. The largest absolute Gasteiger partial charge is 0.483 e. The third kappa shape index (κ3) is 2.65. The van der Waals surface area contributed by atoms with E-state index in [1.54, 1.807) is 24.3 Å². The summed E-state index contributed by atoms with van der Waals surface area (Å²) in [5.41, 5.74) is 5.89. The molecule has 0 spiro atoms. The van der Waals surface area contributed by atoms with Crippen molar-refractivity contribution in [2.75, 3.05) is 12.0 Å². The molecule has 1 aromatic heterocycles. The van der Waals surface area contributed by atoms with E-state index in [0.29, 0.717) is 11.5 Å². The van der Waals surface area contributed by atoms with Crippen molar-refractivity contribution in [2.24, 2.45) is 0 Å². The number of furan rings is 1. The van der Waals surface area contributed by atoms with Gasteiger partial charge in [0.2, 0.25) is 0 Å². The van der Waals surface area contributed by atoms with Gasteiger partial charge in [-0.3, -0.25) is 0 Å². The fourth-order valence-corrected chi connectivity index (χ4v) is 2.34. The van der Waals surface area contributed by atoms with Crippen LogP contribution >= 0.6 is 0 Å². The third-order valence-electron chi connectivity index (χ3n) is 2.38. The van der Waals surface area contributed by atoms with Crippen LogP contribution in [0.2, 0.25) is 0 Å². The van der Waals surface area contributed by atoms with Crippen molar-refractivity contribution in [3.8, 4) is 5.75 Å². The van der Waals surface area contributed by atoms with Crippen molar-refractivity contribution in [1.82, 2.24) is 0 Å². The second kappa shape index (κ2) is 4.73. The van der Waals surface area contributed by atoms with Crippen molar-refractivity contribution in [3.05, 3.63) is 42.4 Å². The molecule has 1 heterocycles. The molecule has 0 fully saturated rings. The molecule has 0 amide bonds. The maximum Gasteiger partial charge on any atom is 0.177 e. The van der Waals surface area contributed by atoms with Gasteiger partial charge in [-0.1, -0.05) is 6.07 Å². The van der Waals surface area contributed by atoms with Crippen LogP contribution in [0.25, 0.3) is 0 Å². The lowest BCUT2D eigenvalue weighted by molar-refractivity contribution is 0.271. The van der Waals surface area contributed by atoms with Gasteiger partial charge in [-0.15, -0.1) is 0 Å². The Kier molecular flexibility index (Phi) is 3.29. The molecule has 18 heavy (non-hydrogen) atoms. The first-order valence-electron chi connectivity index (χ1n) is 5.22. The topological polar surface area (TPSA) is 82.5 Å². The van der Waals surface area contributed by atoms with Gasteiger partial charge >= 0.3 is 0 Å². The zero-order valence-electron chi connectivity index (χ0n) is 9.79. The van der Waals surface area contributed by atoms with Crippen molar-refractivity contribution < 1.29 is 17.6 Å². The molecule has 0 aliphatic rings. The van der Waals surface area contributed by atoms with Crippen LogP contribution in [0.4, 0.5) is 5.69 Å². The summed E-state index contributed by atoms with van der Waals surface area (Å²) in [4.78, 5) is 0.0689. The zero-order chi connectivity index (χ0) is 13.2. The highest BCUT2D eigenvalue weighted by atomic mass is 32.2. The lowest BCUT2D eigenvalue weighted by Gasteiger charge is -2.10. The maximum absolute atomic E-state index is 11.5. The van der Waals surface area contributed by atoms with Gasteiger partial charge in [0.05, 0.1) is 16.8 Å². The molecule has 0 radical (unpaired) electrons. The highest BCUT2D eigenvalue weighted by molar-refractivity contribution is 7.90. The molecule has 0 aliphatic heterocycles. The Bertz CT molecular complexity index is 632. The molecule has 0 saturated heterocycles. The van der Waals surface area contributed by atoms with Gasteiger partial charge in [0.15, 0.2) is 9.84 Å². The van der Waals surface area contributed by atoms with Gasteiger partial charge < -0.3 is 14.9 Å². The predicted molar refractivity (Wildman–Crippen MR) is 67.0 cm³/mol. The molecule has 2 rings (SSSR count). The van der Waals surface area contributed by atoms with Crippen LogP contribution in [-0.4, -0.2) is 14.7 Å². The molecule has 2 N–H and O–H groups in total. The first-order chi connectivity index (χ1) is 8.48. The van der Waals surface area contributed by atoms with Crippen LogP contribution in [0, 0.1) is 0 Å². The van der Waals surface area contributed by atoms with Gasteiger partial charge in [-0.05, 0) is 24.3 Å². The molecular weight excluding hydrogens is 254 g/mol. The smallest absolute Gasteiger partial charge is 0.177 e. The number of nitrogen functional groups attached to an aromatic ring is 1. The number of sulfone groups is 1. The van der Waals surface area contributed by atoms with Gasteiger partial charge in [-0.2, -0.15) is 0 Å². The fraction of sp³-hybridized carbons (Fsp3) is 0.167. The summed E-state index contributed by atoms with van der Waals surface area (Å²) in [6, 6.07) is 8.16. The normalized spacial score (nSPS) is 11.4. The highest BCUT2D eigenvalue weighted by Gasteiger charge is 2.15. The zero-order valence-corrected chi connectivity index (χ0v) is 10.6. The van der Waals surface area contributed by atoms with Crippen molar-refractivity contribution in [1.29, 1.82) is 0 Å². The predicted octanol–water partition coefficient (Wildman–Crippen LogP) is 1.84. The summed E-state index contributed by atoms with van der Waals surface area (Å²) < 4.78 is 33.5. The van der Waals surface area contributed by atoms with E-state index >= 15 is 0 Å². The van der Waals surface area contributed by atoms with E-state index in [9.17, 15) is 8.42 Å². The second-order valence-electron chi connectivity index (χ2n) is 3.81. The van der Waals surface area contributed by atoms with E-state index in [1.807, 2.05) is 0 Å². The van der Waals surface area contributed by atoms with Crippen molar-refractivity contribution in [2.45, 2.75) is 11.5 Å². The van der Waals surface area contributed by atoms with Crippen LogP contribution in [0.15, 0.2) is 45.9 Å². The summed E-state index contributed by atoms with van der Waals surface area (Å²) in [6.45, 7) is 0.199. The van der Waals surface area contributed by atoms with Crippen LogP contribution in [-0.2, 0) is 16.4 Å². The lowest BCUT2D eigenvalue weighted by atomic mass is 10.3. The second-order valence-corrected chi connectivity index (χ2v) is 5.79. The Morgan fingerprint density at radius 3 is 2.67 bits per heavy atom. The number of ether oxygens (including phenoxy) is 1. The van der Waals surface area contributed by atoms with Crippen molar-refractivity contribution >= 4 is 15.5 Å². The Labute approximate surface area is 105 Å². The van der Waals surface area contributed by atoms with Crippen LogP contribution < -0.4 is 10.5 Å². The number of anilines is 1. The minimum absolute atomic E-state index is 0.0689. The molecule has 5 nitrogen and oxygen atoms in total. The molecule has 96 valence electrons. The number of rotatable bonds is 4. The molecular formula is C12H13NO4S. The molecule has 0 aliphatic carbocycles. The fourth-order valence-electron chi connectivity index (χ4n) is 1.52. The van der Waals surface area contributed by atoms with Crippen LogP contribution in [0.5, 0.6) is 5.75 Å². The summed E-state index contributed by atoms with van der Waals surface area (Å²) in [5.74, 6) is 0.966. The van der Waals surface area contributed by atoms with Gasteiger partial charge in [0.1, 0.15) is 18.1 Å². The number of hydrogen-bond acceptors (Lipinski definition) is 5. The van der Waals surface area contributed by atoms with E-state index in [-0.39, 0.29) is 17.2 Å². The molecule has 0 atom stereocenters. The van der Waals surface area contributed by atoms with Crippen LogP contribution in [0.3, 0.4) is 0 Å². The number of benzene rings is 1. The van der Waals surface area contributed by atoms with Gasteiger partial charge in [-0.25, -0.2) is 8.42 Å². The monoisotopic (exact) mass is 267 g/mol. The molecule has 2 aromatic rings. The van der Waals surface area contributed by atoms with Crippen molar-refractivity contribution in [3.63, 3.8) is 0 Å². The Hall–Kier alpha value is -1.95. The quantitative estimate of drug-likeness (QED) is 0.855. The number of hydrogen-bond donors (Lipinski definition) is 1. The Morgan fingerprint density at radius 1 is 1.28 bits per heavy atom. The minimum atomic E-state index is -3.36. The molecule has 1 aromatic carbocycles. The Morgan fingerprint density at radius 2 is 2.06 bits per heavy atom. The average molecular weight is 267 g/mol. The van der Waals surface area contributed by atoms with E-state index in [2.05, 4.69) is 0 Å². The standard InChI is InChI=1S/C12H13NO4S/c1-18(14,15)11-6-2-5-10(12(11)13)17-8-9-4-3-7-16-9/h2-7H,8,13H2,1H3.